The van der Waals surface area contributed by atoms with Crippen molar-refractivity contribution in [1.29, 1.82) is 0 Å². The Morgan fingerprint density at radius 3 is 2.74 bits per heavy atom. The van der Waals surface area contributed by atoms with Crippen molar-refractivity contribution in [3.05, 3.63) is 34.3 Å². The lowest BCUT2D eigenvalue weighted by atomic mass is 10.0. The molecule has 19 heavy (non-hydrogen) atoms. The van der Waals surface area contributed by atoms with Crippen molar-refractivity contribution in [3.63, 3.8) is 0 Å². The Labute approximate surface area is 123 Å². The summed E-state index contributed by atoms with van der Waals surface area (Å²) in [6.07, 6.45) is 2.41. The van der Waals surface area contributed by atoms with Gasteiger partial charge in [0.1, 0.15) is 0 Å². The number of likely N-dealkylation sites (tertiary alicyclic amines) is 1. The summed E-state index contributed by atoms with van der Waals surface area (Å²) in [6, 6.07) is 8.10. The predicted molar refractivity (Wildman–Crippen MR) is 81.6 cm³/mol. The zero-order chi connectivity index (χ0) is 13.8. The van der Waals surface area contributed by atoms with Crippen LogP contribution in [0.5, 0.6) is 0 Å². The SMILES string of the molecule is CN1CCCC(N(C)CC(=O)c2ccc(Br)cc2)C1. The second kappa shape index (κ2) is 6.64. The molecule has 1 aromatic carbocycles. The number of hydrogen-bond acceptors (Lipinski definition) is 3. The van der Waals surface area contributed by atoms with E-state index >= 15 is 0 Å². The van der Waals surface area contributed by atoms with Gasteiger partial charge in [-0.2, -0.15) is 0 Å². The average molecular weight is 325 g/mol. The second-order valence-electron chi connectivity index (χ2n) is 5.40. The van der Waals surface area contributed by atoms with Crippen LogP contribution in [0.15, 0.2) is 28.7 Å². The zero-order valence-corrected chi connectivity index (χ0v) is 13.2. The molecule has 4 heteroatoms. The van der Waals surface area contributed by atoms with Crippen LogP contribution in [-0.4, -0.2) is 55.4 Å². The molecule has 0 radical (unpaired) electrons. The van der Waals surface area contributed by atoms with Crippen LogP contribution in [-0.2, 0) is 0 Å². The number of Topliss-reactive ketones (excluding diaryl/α,β-unsaturated/α-hetero) is 1. The van der Waals surface area contributed by atoms with Crippen molar-refractivity contribution < 1.29 is 4.79 Å². The van der Waals surface area contributed by atoms with E-state index in [0.717, 1.165) is 16.6 Å². The van der Waals surface area contributed by atoms with E-state index in [9.17, 15) is 4.79 Å². The molecule has 0 aliphatic carbocycles. The van der Waals surface area contributed by atoms with E-state index in [1.54, 1.807) is 0 Å². The molecule has 0 saturated carbocycles. The van der Waals surface area contributed by atoms with Gasteiger partial charge in [-0.15, -0.1) is 0 Å². The van der Waals surface area contributed by atoms with Gasteiger partial charge in [-0.3, -0.25) is 9.69 Å². The van der Waals surface area contributed by atoms with Crippen LogP contribution in [0, 0.1) is 0 Å². The third kappa shape index (κ3) is 4.13. The lowest BCUT2D eigenvalue weighted by molar-refractivity contribution is 0.0857. The Morgan fingerprint density at radius 1 is 1.42 bits per heavy atom. The number of benzene rings is 1. The Kier molecular flexibility index (Phi) is 5.13. The van der Waals surface area contributed by atoms with Crippen molar-refractivity contribution in [2.75, 3.05) is 33.7 Å². The summed E-state index contributed by atoms with van der Waals surface area (Å²) in [5, 5.41) is 0. The number of nitrogens with zero attached hydrogens (tertiary/aromatic N) is 2. The normalized spacial score (nSPS) is 20.7. The summed E-state index contributed by atoms with van der Waals surface area (Å²) in [4.78, 5) is 16.8. The first-order valence-electron chi connectivity index (χ1n) is 6.74. The van der Waals surface area contributed by atoms with Gasteiger partial charge in [0.15, 0.2) is 5.78 Å². The van der Waals surface area contributed by atoms with E-state index in [1.807, 2.05) is 24.3 Å². The lowest BCUT2D eigenvalue weighted by Crippen LogP contribution is -2.46. The number of halogens is 1. The first kappa shape index (κ1) is 14.7. The molecule has 0 amide bonds. The molecule has 1 aromatic rings. The highest BCUT2D eigenvalue weighted by Gasteiger charge is 2.22. The number of ketones is 1. The highest BCUT2D eigenvalue weighted by molar-refractivity contribution is 9.10. The van der Waals surface area contributed by atoms with Crippen molar-refractivity contribution in [1.82, 2.24) is 9.80 Å². The molecule has 1 unspecified atom stereocenters. The number of carbonyl (C=O) groups excluding carboxylic acids is 1. The molecule has 1 heterocycles. The molecular weight excluding hydrogens is 304 g/mol. The molecule has 3 nitrogen and oxygen atoms in total. The molecule has 104 valence electrons. The molecule has 2 rings (SSSR count). The van der Waals surface area contributed by atoms with Gasteiger partial charge in [-0.25, -0.2) is 0 Å². The van der Waals surface area contributed by atoms with Crippen LogP contribution in [0.25, 0.3) is 0 Å². The minimum absolute atomic E-state index is 0.197. The molecule has 1 aliphatic heterocycles. The summed E-state index contributed by atoms with van der Waals surface area (Å²) in [5.74, 6) is 0.197. The molecule has 0 spiro atoms. The largest absolute Gasteiger partial charge is 0.305 e. The predicted octanol–water partition coefficient (Wildman–Crippen LogP) is 2.66. The lowest BCUT2D eigenvalue weighted by Gasteiger charge is -2.35. The van der Waals surface area contributed by atoms with Crippen LogP contribution in [0.3, 0.4) is 0 Å². The van der Waals surface area contributed by atoms with Crippen molar-refractivity contribution in [3.8, 4) is 0 Å². The van der Waals surface area contributed by atoms with Crippen LogP contribution < -0.4 is 0 Å². The van der Waals surface area contributed by atoms with Gasteiger partial charge < -0.3 is 4.90 Å². The fourth-order valence-electron chi connectivity index (χ4n) is 2.58. The topological polar surface area (TPSA) is 23.6 Å². The highest BCUT2D eigenvalue weighted by Crippen LogP contribution is 2.15. The van der Waals surface area contributed by atoms with E-state index in [0.29, 0.717) is 12.6 Å². The first-order chi connectivity index (χ1) is 9.06. The van der Waals surface area contributed by atoms with Crippen molar-refractivity contribution in [2.24, 2.45) is 0 Å². The molecule has 0 N–H and O–H groups in total. The zero-order valence-electron chi connectivity index (χ0n) is 11.6. The molecule has 1 fully saturated rings. The minimum Gasteiger partial charge on any atom is -0.305 e. The summed E-state index contributed by atoms with van der Waals surface area (Å²) in [7, 11) is 4.21. The van der Waals surface area contributed by atoms with Crippen LogP contribution in [0.2, 0.25) is 0 Å². The first-order valence-corrected chi connectivity index (χ1v) is 7.53. The molecule has 1 saturated heterocycles. The van der Waals surface area contributed by atoms with Gasteiger partial charge in [0.2, 0.25) is 0 Å². The van der Waals surface area contributed by atoms with Crippen LogP contribution >= 0.6 is 15.9 Å². The van der Waals surface area contributed by atoms with Gasteiger partial charge in [0.25, 0.3) is 0 Å². The van der Waals surface area contributed by atoms with Crippen molar-refractivity contribution in [2.45, 2.75) is 18.9 Å². The maximum atomic E-state index is 12.2. The number of hydrogen-bond donors (Lipinski definition) is 0. The Hall–Kier alpha value is -0.710. The Balaban J connectivity index is 1.92. The van der Waals surface area contributed by atoms with E-state index in [2.05, 4.69) is 39.8 Å². The fraction of sp³-hybridized carbons (Fsp3) is 0.533. The Morgan fingerprint density at radius 2 is 2.11 bits per heavy atom. The third-order valence-electron chi connectivity index (χ3n) is 3.78. The maximum absolute atomic E-state index is 12.2. The monoisotopic (exact) mass is 324 g/mol. The van der Waals surface area contributed by atoms with E-state index in [-0.39, 0.29) is 5.78 Å². The van der Waals surface area contributed by atoms with Gasteiger partial charge >= 0.3 is 0 Å². The molecule has 0 bridgehead atoms. The number of likely N-dealkylation sites (N-methyl/N-ethyl adjacent to an activating group) is 2. The molecular formula is C15H21BrN2O. The van der Waals surface area contributed by atoms with Gasteiger partial charge in [-0.1, -0.05) is 28.1 Å². The average Bonchev–Trinajstić information content (AvgIpc) is 2.39. The smallest absolute Gasteiger partial charge is 0.176 e. The number of piperidine rings is 1. The van der Waals surface area contributed by atoms with E-state index in [4.69, 9.17) is 0 Å². The van der Waals surface area contributed by atoms with Gasteiger partial charge in [0, 0.05) is 22.6 Å². The highest BCUT2D eigenvalue weighted by atomic mass is 79.9. The van der Waals surface area contributed by atoms with Gasteiger partial charge in [-0.05, 0) is 45.6 Å². The minimum atomic E-state index is 0.197. The molecule has 1 aliphatic rings. The number of carbonyl (C=O) groups is 1. The van der Waals surface area contributed by atoms with Crippen molar-refractivity contribution >= 4 is 21.7 Å². The third-order valence-corrected chi connectivity index (χ3v) is 4.31. The summed E-state index contributed by atoms with van der Waals surface area (Å²) >= 11 is 3.39. The quantitative estimate of drug-likeness (QED) is 0.795. The number of rotatable bonds is 4. The van der Waals surface area contributed by atoms with E-state index in [1.165, 1.54) is 19.4 Å². The summed E-state index contributed by atoms with van der Waals surface area (Å²) in [5.41, 5.74) is 0.791. The van der Waals surface area contributed by atoms with Gasteiger partial charge in [0.05, 0.1) is 6.54 Å². The Bertz CT molecular complexity index is 432. The fourth-order valence-corrected chi connectivity index (χ4v) is 2.85. The van der Waals surface area contributed by atoms with Crippen LogP contribution in [0.4, 0.5) is 0 Å². The molecule has 0 aromatic heterocycles. The maximum Gasteiger partial charge on any atom is 0.176 e. The summed E-state index contributed by atoms with van der Waals surface area (Å²) < 4.78 is 1.01. The standard InChI is InChI=1S/C15H21BrN2O/c1-17-9-3-4-14(10-17)18(2)11-15(19)12-5-7-13(16)8-6-12/h5-8,14H,3-4,9-11H2,1-2H3. The van der Waals surface area contributed by atoms with Crippen LogP contribution in [0.1, 0.15) is 23.2 Å². The summed E-state index contributed by atoms with van der Waals surface area (Å²) in [6.45, 7) is 2.73. The van der Waals surface area contributed by atoms with E-state index < -0.39 is 0 Å². The second-order valence-corrected chi connectivity index (χ2v) is 6.32. The molecule has 1 atom stereocenters.